The summed E-state index contributed by atoms with van der Waals surface area (Å²) in [5.41, 5.74) is 2.11. The summed E-state index contributed by atoms with van der Waals surface area (Å²) in [5.74, 6) is 1.26. The second kappa shape index (κ2) is 7.88. The number of fused-ring (bicyclic) bond motifs is 1. The van der Waals surface area contributed by atoms with Gasteiger partial charge in [0.05, 0.1) is 23.7 Å². The molecule has 0 amide bonds. The van der Waals surface area contributed by atoms with E-state index in [4.69, 9.17) is 9.72 Å². The Morgan fingerprint density at radius 3 is 2.61 bits per heavy atom. The molecular formula is C23H19N3O2. The lowest BCUT2D eigenvalue weighted by molar-refractivity contribution is 0.340. The van der Waals surface area contributed by atoms with E-state index >= 15 is 0 Å². The third kappa shape index (κ3) is 3.55. The number of rotatable bonds is 5. The number of hydrogen-bond acceptors (Lipinski definition) is 4. The average Bonchev–Trinajstić information content (AvgIpc) is 2.74. The van der Waals surface area contributed by atoms with E-state index in [0.29, 0.717) is 23.3 Å². The van der Waals surface area contributed by atoms with Crippen molar-refractivity contribution in [3.8, 4) is 17.1 Å². The molecule has 0 bridgehead atoms. The average molecular weight is 369 g/mol. The van der Waals surface area contributed by atoms with Crippen molar-refractivity contribution in [2.75, 3.05) is 6.61 Å². The second-order valence-electron chi connectivity index (χ2n) is 6.19. The molecule has 0 aliphatic heterocycles. The first kappa shape index (κ1) is 17.7. The molecule has 0 unspecified atom stereocenters. The molecule has 138 valence electrons. The fraction of sp³-hybridized carbons (Fsp3) is 0.0870. The van der Waals surface area contributed by atoms with Gasteiger partial charge in [-0.2, -0.15) is 9.78 Å². The summed E-state index contributed by atoms with van der Waals surface area (Å²) in [7, 11) is 0. The summed E-state index contributed by atoms with van der Waals surface area (Å²) >= 11 is 0. The quantitative estimate of drug-likeness (QED) is 0.492. The van der Waals surface area contributed by atoms with Crippen LogP contribution in [0.3, 0.4) is 0 Å². The van der Waals surface area contributed by atoms with Crippen molar-refractivity contribution in [3.05, 3.63) is 94.8 Å². The van der Waals surface area contributed by atoms with E-state index in [1.807, 2.05) is 79.7 Å². The SMILES string of the molecule is CCOc1cccc(/C=N\n2c(-c3ccccc3)nc3ccccc3c2=O)c1. The van der Waals surface area contributed by atoms with E-state index in [-0.39, 0.29) is 5.56 Å². The molecule has 1 aromatic heterocycles. The zero-order valence-corrected chi connectivity index (χ0v) is 15.4. The summed E-state index contributed by atoms with van der Waals surface area (Å²) in [6, 6.07) is 24.5. The van der Waals surface area contributed by atoms with Gasteiger partial charge < -0.3 is 4.74 Å². The lowest BCUT2D eigenvalue weighted by atomic mass is 10.2. The molecular weight excluding hydrogens is 350 g/mol. The zero-order valence-electron chi connectivity index (χ0n) is 15.4. The molecule has 0 fully saturated rings. The molecule has 0 aliphatic carbocycles. The third-order valence-electron chi connectivity index (χ3n) is 4.28. The molecule has 0 saturated carbocycles. The molecule has 4 rings (SSSR count). The molecule has 1 heterocycles. The standard InChI is InChI=1S/C23H19N3O2/c1-2-28-19-12-8-9-17(15-19)16-24-26-22(18-10-4-3-5-11-18)25-21-14-7-6-13-20(21)23(26)27/h3-16H,2H2,1H3/b24-16-. The van der Waals surface area contributed by atoms with Crippen LogP contribution in [0.2, 0.25) is 0 Å². The molecule has 0 atom stereocenters. The number of hydrogen-bond donors (Lipinski definition) is 0. The smallest absolute Gasteiger partial charge is 0.282 e. The normalized spacial score (nSPS) is 11.2. The summed E-state index contributed by atoms with van der Waals surface area (Å²) in [6.45, 7) is 2.53. The van der Waals surface area contributed by atoms with Crippen LogP contribution in [0.1, 0.15) is 12.5 Å². The highest BCUT2D eigenvalue weighted by atomic mass is 16.5. The van der Waals surface area contributed by atoms with Gasteiger partial charge in [-0.15, -0.1) is 0 Å². The molecule has 5 heteroatoms. The number of benzene rings is 3. The topological polar surface area (TPSA) is 56.5 Å². The minimum Gasteiger partial charge on any atom is -0.494 e. The molecule has 5 nitrogen and oxygen atoms in total. The Morgan fingerprint density at radius 2 is 1.79 bits per heavy atom. The van der Waals surface area contributed by atoms with E-state index < -0.39 is 0 Å². The Bertz CT molecular complexity index is 1200. The maximum atomic E-state index is 13.1. The highest BCUT2D eigenvalue weighted by molar-refractivity contribution is 5.82. The number of aromatic nitrogens is 2. The van der Waals surface area contributed by atoms with Crippen molar-refractivity contribution >= 4 is 17.1 Å². The fourth-order valence-corrected chi connectivity index (χ4v) is 2.98. The van der Waals surface area contributed by atoms with Gasteiger partial charge in [0.25, 0.3) is 5.56 Å². The first-order valence-electron chi connectivity index (χ1n) is 9.10. The van der Waals surface area contributed by atoms with E-state index in [9.17, 15) is 4.79 Å². The second-order valence-corrected chi connectivity index (χ2v) is 6.19. The predicted octanol–water partition coefficient (Wildman–Crippen LogP) is 4.34. The largest absolute Gasteiger partial charge is 0.494 e. The van der Waals surface area contributed by atoms with E-state index in [2.05, 4.69) is 5.10 Å². The van der Waals surface area contributed by atoms with Gasteiger partial charge in [-0.3, -0.25) is 4.79 Å². The Balaban J connectivity index is 1.86. The molecule has 3 aromatic carbocycles. The van der Waals surface area contributed by atoms with Crippen molar-refractivity contribution < 1.29 is 4.74 Å². The van der Waals surface area contributed by atoms with Crippen LogP contribution < -0.4 is 10.3 Å². The van der Waals surface area contributed by atoms with Crippen LogP contribution in [-0.2, 0) is 0 Å². The Kier molecular flexibility index (Phi) is 4.97. The van der Waals surface area contributed by atoms with Gasteiger partial charge >= 0.3 is 0 Å². The fourth-order valence-electron chi connectivity index (χ4n) is 2.98. The third-order valence-corrected chi connectivity index (χ3v) is 4.28. The Morgan fingerprint density at radius 1 is 1.00 bits per heavy atom. The van der Waals surface area contributed by atoms with Crippen molar-refractivity contribution in [3.63, 3.8) is 0 Å². The van der Waals surface area contributed by atoms with E-state index in [1.54, 1.807) is 12.3 Å². The van der Waals surface area contributed by atoms with Crippen LogP contribution in [0, 0.1) is 0 Å². The lowest BCUT2D eigenvalue weighted by Crippen LogP contribution is -2.20. The van der Waals surface area contributed by atoms with E-state index in [1.165, 1.54) is 4.68 Å². The lowest BCUT2D eigenvalue weighted by Gasteiger charge is -2.09. The molecule has 0 N–H and O–H groups in total. The minimum absolute atomic E-state index is 0.207. The van der Waals surface area contributed by atoms with Gasteiger partial charge in [0.2, 0.25) is 0 Å². The maximum Gasteiger partial charge on any atom is 0.282 e. The van der Waals surface area contributed by atoms with Gasteiger partial charge in [-0.05, 0) is 36.8 Å². The molecule has 0 spiro atoms. The number of para-hydroxylation sites is 1. The van der Waals surface area contributed by atoms with Crippen LogP contribution >= 0.6 is 0 Å². The molecule has 28 heavy (non-hydrogen) atoms. The van der Waals surface area contributed by atoms with Gasteiger partial charge in [-0.1, -0.05) is 54.6 Å². The minimum atomic E-state index is -0.207. The van der Waals surface area contributed by atoms with Gasteiger partial charge in [-0.25, -0.2) is 4.98 Å². The van der Waals surface area contributed by atoms with E-state index in [0.717, 1.165) is 16.9 Å². The maximum absolute atomic E-state index is 13.1. The summed E-state index contributed by atoms with van der Waals surface area (Å²) in [4.78, 5) is 17.8. The van der Waals surface area contributed by atoms with Crippen LogP contribution in [0.25, 0.3) is 22.3 Å². The van der Waals surface area contributed by atoms with Crippen molar-refractivity contribution in [1.82, 2.24) is 9.66 Å². The van der Waals surface area contributed by atoms with Crippen molar-refractivity contribution in [1.29, 1.82) is 0 Å². The van der Waals surface area contributed by atoms with Gasteiger partial charge in [0.15, 0.2) is 5.82 Å². The Labute approximate surface area is 162 Å². The molecule has 0 saturated heterocycles. The summed E-state index contributed by atoms with van der Waals surface area (Å²) < 4.78 is 6.88. The zero-order chi connectivity index (χ0) is 19.3. The predicted molar refractivity (Wildman–Crippen MR) is 112 cm³/mol. The first-order valence-corrected chi connectivity index (χ1v) is 9.10. The molecule has 0 aliphatic rings. The van der Waals surface area contributed by atoms with Crippen LogP contribution in [0.5, 0.6) is 5.75 Å². The summed E-state index contributed by atoms with van der Waals surface area (Å²) in [6.07, 6.45) is 1.65. The first-order chi connectivity index (χ1) is 13.8. The van der Waals surface area contributed by atoms with Crippen LogP contribution in [0.4, 0.5) is 0 Å². The van der Waals surface area contributed by atoms with Crippen LogP contribution in [0.15, 0.2) is 88.8 Å². The van der Waals surface area contributed by atoms with Crippen molar-refractivity contribution in [2.24, 2.45) is 5.10 Å². The van der Waals surface area contributed by atoms with Gasteiger partial charge in [0, 0.05) is 5.56 Å². The van der Waals surface area contributed by atoms with Gasteiger partial charge in [0.1, 0.15) is 5.75 Å². The molecule has 4 aromatic rings. The van der Waals surface area contributed by atoms with Crippen LogP contribution in [-0.4, -0.2) is 22.5 Å². The Hall–Kier alpha value is -3.73. The molecule has 0 radical (unpaired) electrons. The number of nitrogens with zero attached hydrogens (tertiary/aromatic N) is 3. The van der Waals surface area contributed by atoms with Crippen molar-refractivity contribution in [2.45, 2.75) is 6.92 Å². The number of ether oxygens (including phenoxy) is 1. The monoisotopic (exact) mass is 369 g/mol. The summed E-state index contributed by atoms with van der Waals surface area (Å²) in [5, 5.41) is 4.99. The highest BCUT2D eigenvalue weighted by Crippen LogP contribution is 2.19. The highest BCUT2D eigenvalue weighted by Gasteiger charge is 2.11.